The zero-order valence-corrected chi connectivity index (χ0v) is 10.8. The Balaban J connectivity index is 2.31. The van der Waals surface area contributed by atoms with Gasteiger partial charge in [-0.25, -0.2) is 0 Å². The van der Waals surface area contributed by atoms with Crippen molar-refractivity contribution in [2.24, 2.45) is 0 Å². The van der Waals surface area contributed by atoms with Crippen LogP contribution in [0.15, 0.2) is 12.4 Å². The maximum absolute atomic E-state index is 4.31. The highest BCUT2D eigenvalue weighted by molar-refractivity contribution is 7.99. The second-order valence-corrected chi connectivity index (χ2v) is 5.38. The molecule has 1 atom stereocenters. The van der Waals surface area contributed by atoms with Gasteiger partial charge in [0.2, 0.25) is 0 Å². The van der Waals surface area contributed by atoms with Gasteiger partial charge < -0.3 is 5.32 Å². The second kappa shape index (κ2) is 6.18. The van der Waals surface area contributed by atoms with Gasteiger partial charge in [-0.05, 0) is 20.1 Å². The highest BCUT2D eigenvalue weighted by Gasteiger charge is 2.02. The minimum absolute atomic E-state index is 0.448. The van der Waals surface area contributed by atoms with Crippen molar-refractivity contribution in [2.45, 2.75) is 38.6 Å². The first-order valence-electron chi connectivity index (χ1n) is 5.40. The molecule has 0 radical (unpaired) electrons. The van der Waals surface area contributed by atoms with Crippen LogP contribution in [0.25, 0.3) is 0 Å². The Morgan fingerprint density at radius 3 is 2.73 bits per heavy atom. The number of aromatic nitrogens is 2. The van der Waals surface area contributed by atoms with Crippen LogP contribution in [0.3, 0.4) is 0 Å². The van der Waals surface area contributed by atoms with Crippen LogP contribution in [0.2, 0.25) is 0 Å². The topological polar surface area (TPSA) is 29.9 Å². The van der Waals surface area contributed by atoms with E-state index >= 15 is 0 Å². The number of rotatable bonds is 6. The minimum atomic E-state index is 0.448. The van der Waals surface area contributed by atoms with Crippen molar-refractivity contribution in [2.75, 3.05) is 12.8 Å². The van der Waals surface area contributed by atoms with Crippen molar-refractivity contribution in [1.29, 1.82) is 0 Å². The fourth-order valence-corrected chi connectivity index (χ4v) is 1.54. The molecule has 1 unspecified atom stereocenters. The smallest absolute Gasteiger partial charge is 0.0534 e. The van der Waals surface area contributed by atoms with E-state index < -0.39 is 0 Å². The van der Waals surface area contributed by atoms with Crippen molar-refractivity contribution in [3.05, 3.63) is 18.0 Å². The van der Waals surface area contributed by atoms with E-state index in [2.05, 4.69) is 43.6 Å². The van der Waals surface area contributed by atoms with E-state index in [4.69, 9.17) is 0 Å². The van der Waals surface area contributed by atoms with Gasteiger partial charge in [0, 0.05) is 36.1 Å². The normalized spacial score (nSPS) is 13.4. The quantitative estimate of drug-likeness (QED) is 0.809. The summed E-state index contributed by atoms with van der Waals surface area (Å²) in [5.74, 6) is 0. The fourth-order valence-electron chi connectivity index (χ4n) is 1.25. The van der Waals surface area contributed by atoms with Crippen molar-refractivity contribution in [1.82, 2.24) is 15.1 Å². The van der Waals surface area contributed by atoms with Gasteiger partial charge in [0.15, 0.2) is 0 Å². The largest absolute Gasteiger partial charge is 0.311 e. The summed E-state index contributed by atoms with van der Waals surface area (Å²) in [5.41, 5.74) is 1.26. The summed E-state index contributed by atoms with van der Waals surface area (Å²) in [4.78, 5) is 0. The Hall–Kier alpha value is -0.480. The van der Waals surface area contributed by atoms with E-state index in [0.29, 0.717) is 11.3 Å². The van der Waals surface area contributed by atoms with E-state index in [1.165, 1.54) is 5.56 Å². The average molecular weight is 227 g/mol. The molecule has 1 aromatic rings. The van der Waals surface area contributed by atoms with Gasteiger partial charge in [-0.1, -0.05) is 6.92 Å². The summed E-state index contributed by atoms with van der Waals surface area (Å²) in [7, 11) is 0. The molecule has 1 aromatic heterocycles. The van der Waals surface area contributed by atoms with Gasteiger partial charge in [0.1, 0.15) is 0 Å². The molecule has 15 heavy (non-hydrogen) atoms. The van der Waals surface area contributed by atoms with E-state index in [-0.39, 0.29) is 0 Å². The molecule has 0 aliphatic heterocycles. The standard InChI is InChI=1S/C11H21N3S/c1-9(2)14-8-11(7-13-14)6-12-5-10(3)15-4/h7-10,12H,5-6H2,1-4H3. The van der Waals surface area contributed by atoms with E-state index in [0.717, 1.165) is 13.1 Å². The molecule has 0 aliphatic rings. The van der Waals surface area contributed by atoms with Gasteiger partial charge in [-0.15, -0.1) is 0 Å². The van der Waals surface area contributed by atoms with Crippen LogP contribution in [-0.4, -0.2) is 27.8 Å². The summed E-state index contributed by atoms with van der Waals surface area (Å²) in [6.07, 6.45) is 6.20. The third-order valence-corrected chi connectivity index (χ3v) is 3.32. The van der Waals surface area contributed by atoms with Crippen molar-refractivity contribution >= 4 is 11.8 Å². The van der Waals surface area contributed by atoms with Crippen LogP contribution in [0.4, 0.5) is 0 Å². The number of hydrogen-bond donors (Lipinski definition) is 1. The molecular formula is C11H21N3S. The predicted molar refractivity (Wildman–Crippen MR) is 67.3 cm³/mol. The molecule has 0 aromatic carbocycles. The molecule has 0 fully saturated rings. The van der Waals surface area contributed by atoms with Crippen molar-refractivity contribution in [3.8, 4) is 0 Å². The molecule has 1 rings (SSSR count). The first-order valence-corrected chi connectivity index (χ1v) is 6.68. The molecule has 0 saturated heterocycles. The zero-order valence-electron chi connectivity index (χ0n) is 10.0. The Labute approximate surface area is 96.6 Å². The molecule has 86 valence electrons. The molecule has 0 saturated carbocycles. The molecule has 0 bridgehead atoms. The van der Waals surface area contributed by atoms with Crippen molar-refractivity contribution < 1.29 is 0 Å². The first kappa shape index (κ1) is 12.6. The molecule has 0 spiro atoms. The van der Waals surface area contributed by atoms with Crippen LogP contribution in [0.1, 0.15) is 32.4 Å². The molecule has 0 aliphatic carbocycles. The number of hydrogen-bond acceptors (Lipinski definition) is 3. The fraction of sp³-hybridized carbons (Fsp3) is 0.727. The summed E-state index contributed by atoms with van der Waals surface area (Å²) >= 11 is 1.89. The molecule has 3 nitrogen and oxygen atoms in total. The Morgan fingerprint density at radius 2 is 2.20 bits per heavy atom. The molecule has 0 amide bonds. The second-order valence-electron chi connectivity index (χ2n) is 4.10. The van der Waals surface area contributed by atoms with Crippen molar-refractivity contribution in [3.63, 3.8) is 0 Å². The summed E-state index contributed by atoms with van der Waals surface area (Å²) < 4.78 is 2.00. The molecule has 1 N–H and O–H groups in total. The number of nitrogens with one attached hydrogen (secondary N) is 1. The number of thioether (sulfide) groups is 1. The summed E-state index contributed by atoms with van der Waals surface area (Å²) in [6, 6.07) is 0.448. The van der Waals surface area contributed by atoms with Gasteiger partial charge in [0.05, 0.1) is 6.20 Å². The van der Waals surface area contributed by atoms with Gasteiger partial charge in [-0.2, -0.15) is 16.9 Å². The lowest BCUT2D eigenvalue weighted by molar-refractivity contribution is 0.531. The first-order chi connectivity index (χ1) is 7.13. The third kappa shape index (κ3) is 4.26. The van der Waals surface area contributed by atoms with Crippen LogP contribution in [-0.2, 0) is 6.54 Å². The maximum atomic E-state index is 4.31. The maximum Gasteiger partial charge on any atom is 0.0534 e. The minimum Gasteiger partial charge on any atom is -0.311 e. The van der Waals surface area contributed by atoms with Gasteiger partial charge in [0.25, 0.3) is 0 Å². The van der Waals surface area contributed by atoms with E-state index in [9.17, 15) is 0 Å². The zero-order chi connectivity index (χ0) is 11.3. The monoisotopic (exact) mass is 227 g/mol. The SMILES string of the molecule is CSC(C)CNCc1cnn(C(C)C)c1. The molecule has 4 heteroatoms. The molecular weight excluding hydrogens is 206 g/mol. The third-order valence-electron chi connectivity index (χ3n) is 2.35. The number of nitrogens with zero attached hydrogens (tertiary/aromatic N) is 2. The predicted octanol–water partition coefficient (Wildman–Crippen LogP) is 2.31. The highest BCUT2D eigenvalue weighted by atomic mass is 32.2. The highest BCUT2D eigenvalue weighted by Crippen LogP contribution is 2.06. The summed E-state index contributed by atoms with van der Waals surface area (Å²) in [6.45, 7) is 8.47. The molecule has 1 heterocycles. The Bertz CT molecular complexity index is 283. The van der Waals surface area contributed by atoms with Crippen LogP contribution in [0, 0.1) is 0 Å². The Morgan fingerprint density at radius 1 is 1.47 bits per heavy atom. The van der Waals surface area contributed by atoms with Crippen LogP contribution in [0.5, 0.6) is 0 Å². The van der Waals surface area contributed by atoms with Crippen LogP contribution < -0.4 is 5.32 Å². The van der Waals surface area contributed by atoms with Gasteiger partial charge >= 0.3 is 0 Å². The van der Waals surface area contributed by atoms with E-state index in [1.54, 1.807) is 0 Å². The Kier molecular flexibility index (Phi) is 5.19. The lowest BCUT2D eigenvalue weighted by atomic mass is 10.3. The van der Waals surface area contributed by atoms with Crippen LogP contribution >= 0.6 is 11.8 Å². The average Bonchev–Trinajstić information content (AvgIpc) is 2.66. The summed E-state index contributed by atoms with van der Waals surface area (Å²) in [5, 5.41) is 8.41. The van der Waals surface area contributed by atoms with E-state index in [1.807, 2.05) is 22.6 Å². The lowest BCUT2D eigenvalue weighted by Gasteiger charge is -2.08. The van der Waals surface area contributed by atoms with Gasteiger partial charge in [-0.3, -0.25) is 4.68 Å². The lowest BCUT2D eigenvalue weighted by Crippen LogP contribution is -2.21.